The number of carbonyl (C=O) groups is 1. The Morgan fingerprint density at radius 1 is 1.24 bits per heavy atom. The first-order chi connectivity index (χ1) is 10.1. The summed E-state index contributed by atoms with van der Waals surface area (Å²) < 4.78 is 5.28. The van der Waals surface area contributed by atoms with E-state index in [-0.39, 0.29) is 5.78 Å². The molecule has 0 amide bonds. The zero-order valence-corrected chi connectivity index (χ0v) is 12.5. The van der Waals surface area contributed by atoms with Gasteiger partial charge in [0.05, 0.1) is 30.3 Å². The van der Waals surface area contributed by atoms with Crippen molar-refractivity contribution in [2.45, 2.75) is 13.8 Å². The van der Waals surface area contributed by atoms with E-state index in [1.165, 1.54) is 12.4 Å². The minimum Gasteiger partial charge on any atom is -0.481 e. The first-order valence-electron chi connectivity index (χ1n) is 6.41. The lowest BCUT2D eigenvalue weighted by atomic mass is 10.0. The largest absolute Gasteiger partial charge is 0.481 e. The summed E-state index contributed by atoms with van der Waals surface area (Å²) in [5, 5.41) is 8.09. The molecule has 6 heteroatoms. The van der Waals surface area contributed by atoms with Gasteiger partial charge in [0.2, 0.25) is 0 Å². The van der Waals surface area contributed by atoms with Crippen LogP contribution in [0.3, 0.4) is 0 Å². The molecular formula is C15H14ClN3O2. The minimum absolute atomic E-state index is 0.190. The van der Waals surface area contributed by atoms with Crippen LogP contribution < -0.4 is 0 Å². The summed E-state index contributed by atoms with van der Waals surface area (Å²) in [5.41, 5.74) is 1.31. The molecule has 0 saturated carbocycles. The quantitative estimate of drug-likeness (QED) is 0.493. The van der Waals surface area contributed by atoms with Gasteiger partial charge in [0.25, 0.3) is 0 Å². The van der Waals surface area contributed by atoms with E-state index < -0.39 is 0 Å². The average Bonchev–Trinajstić information content (AvgIpc) is 2.48. The molecule has 2 aromatic rings. The third kappa shape index (κ3) is 3.86. The number of rotatable bonds is 4. The highest BCUT2D eigenvalue weighted by molar-refractivity contribution is 6.30. The van der Waals surface area contributed by atoms with Crippen LogP contribution in [0.5, 0.6) is 0 Å². The summed E-state index contributed by atoms with van der Waals surface area (Å²) in [5.74, 6) is 0.278. The number of halogens is 1. The molecular weight excluding hydrogens is 290 g/mol. The molecule has 0 N–H and O–H groups in total. The molecule has 0 fully saturated rings. The second kappa shape index (κ2) is 6.95. The average molecular weight is 304 g/mol. The van der Waals surface area contributed by atoms with Crippen molar-refractivity contribution < 1.29 is 9.53 Å². The molecule has 0 saturated heterocycles. The van der Waals surface area contributed by atoms with Crippen LogP contribution in [-0.4, -0.2) is 28.5 Å². The van der Waals surface area contributed by atoms with Gasteiger partial charge in [-0.2, -0.15) is 10.2 Å². The maximum absolute atomic E-state index is 12.5. The van der Waals surface area contributed by atoms with E-state index in [2.05, 4.69) is 15.2 Å². The van der Waals surface area contributed by atoms with Crippen molar-refractivity contribution in [1.82, 2.24) is 10.2 Å². The van der Waals surface area contributed by atoms with E-state index in [9.17, 15) is 4.79 Å². The Morgan fingerprint density at radius 3 is 2.57 bits per heavy atom. The number of carbonyl (C=O) groups excluding carboxylic acids is 1. The molecule has 21 heavy (non-hydrogen) atoms. The zero-order valence-electron chi connectivity index (χ0n) is 11.7. The maximum Gasteiger partial charge on any atom is 0.196 e. The van der Waals surface area contributed by atoms with Gasteiger partial charge in [-0.25, -0.2) is 4.99 Å². The van der Waals surface area contributed by atoms with Crippen molar-refractivity contribution in [3.8, 4) is 0 Å². The summed E-state index contributed by atoms with van der Waals surface area (Å²) in [6.45, 7) is 4.10. The standard InChI is InChI=1S/C15H14ClN3O2/c1-3-21-10(2)19-14-9-18-17-8-13(14)15(20)11-4-6-12(16)7-5-11/h4-9H,3H2,1-2H3. The highest BCUT2D eigenvalue weighted by Crippen LogP contribution is 2.21. The fraction of sp³-hybridized carbons (Fsp3) is 0.200. The molecule has 1 heterocycles. The van der Waals surface area contributed by atoms with Crippen molar-refractivity contribution in [2.24, 2.45) is 4.99 Å². The van der Waals surface area contributed by atoms with E-state index in [1.807, 2.05) is 6.92 Å². The van der Waals surface area contributed by atoms with E-state index >= 15 is 0 Å². The molecule has 1 aromatic carbocycles. The molecule has 0 aliphatic heterocycles. The smallest absolute Gasteiger partial charge is 0.196 e. The van der Waals surface area contributed by atoms with Crippen LogP contribution in [0.4, 0.5) is 5.69 Å². The lowest BCUT2D eigenvalue weighted by Crippen LogP contribution is -2.04. The number of ether oxygens (including phenoxy) is 1. The van der Waals surface area contributed by atoms with Crippen LogP contribution in [0.25, 0.3) is 0 Å². The Labute approximate surface area is 127 Å². The van der Waals surface area contributed by atoms with Gasteiger partial charge in [-0.05, 0) is 31.2 Å². The number of hydrogen-bond acceptors (Lipinski definition) is 5. The summed E-state index contributed by atoms with van der Waals surface area (Å²) in [7, 11) is 0. The topological polar surface area (TPSA) is 64.4 Å². The predicted molar refractivity (Wildman–Crippen MR) is 81.3 cm³/mol. The molecule has 2 rings (SSSR count). The fourth-order valence-corrected chi connectivity index (χ4v) is 1.87. The lowest BCUT2D eigenvalue weighted by Gasteiger charge is -2.06. The van der Waals surface area contributed by atoms with E-state index in [1.54, 1.807) is 31.2 Å². The summed E-state index contributed by atoms with van der Waals surface area (Å²) in [6.07, 6.45) is 2.83. The van der Waals surface area contributed by atoms with Crippen LogP contribution in [-0.2, 0) is 4.74 Å². The lowest BCUT2D eigenvalue weighted by molar-refractivity contribution is 0.103. The van der Waals surface area contributed by atoms with Crippen molar-refractivity contribution >= 4 is 29.0 Å². The van der Waals surface area contributed by atoms with Crippen molar-refractivity contribution in [3.63, 3.8) is 0 Å². The number of ketones is 1. The van der Waals surface area contributed by atoms with Gasteiger partial charge in [0, 0.05) is 17.5 Å². The minimum atomic E-state index is -0.190. The molecule has 0 spiro atoms. The summed E-state index contributed by atoms with van der Waals surface area (Å²) in [4.78, 5) is 16.8. The van der Waals surface area contributed by atoms with Gasteiger partial charge in [0.1, 0.15) is 0 Å². The Hall–Kier alpha value is -2.27. The number of aromatic nitrogens is 2. The normalized spacial score (nSPS) is 11.3. The van der Waals surface area contributed by atoms with Gasteiger partial charge >= 0.3 is 0 Å². The molecule has 5 nitrogen and oxygen atoms in total. The van der Waals surface area contributed by atoms with Crippen molar-refractivity contribution in [2.75, 3.05) is 6.61 Å². The highest BCUT2D eigenvalue weighted by atomic mass is 35.5. The first kappa shape index (κ1) is 15.1. The highest BCUT2D eigenvalue weighted by Gasteiger charge is 2.14. The zero-order chi connectivity index (χ0) is 15.2. The summed E-state index contributed by atoms with van der Waals surface area (Å²) in [6, 6.07) is 6.65. The van der Waals surface area contributed by atoms with Crippen LogP contribution in [0.2, 0.25) is 5.02 Å². The molecule has 108 valence electrons. The molecule has 1 aromatic heterocycles. The second-order valence-electron chi connectivity index (χ2n) is 4.19. The Bertz CT molecular complexity index is 669. The van der Waals surface area contributed by atoms with E-state index in [0.29, 0.717) is 34.3 Å². The van der Waals surface area contributed by atoms with Crippen LogP contribution >= 0.6 is 11.6 Å². The molecule has 0 aliphatic rings. The maximum atomic E-state index is 12.5. The summed E-state index contributed by atoms with van der Waals surface area (Å²) >= 11 is 5.83. The predicted octanol–water partition coefficient (Wildman–Crippen LogP) is 3.45. The van der Waals surface area contributed by atoms with Gasteiger partial charge in [0.15, 0.2) is 11.7 Å². The Kier molecular flexibility index (Phi) is 5.00. The van der Waals surface area contributed by atoms with Gasteiger partial charge in [-0.1, -0.05) is 11.6 Å². The molecule has 0 bridgehead atoms. The van der Waals surface area contributed by atoms with Crippen molar-refractivity contribution in [3.05, 3.63) is 52.8 Å². The van der Waals surface area contributed by atoms with Crippen LogP contribution in [0.15, 0.2) is 41.7 Å². The first-order valence-corrected chi connectivity index (χ1v) is 6.78. The van der Waals surface area contributed by atoms with Gasteiger partial charge in [-0.3, -0.25) is 4.79 Å². The monoisotopic (exact) mass is 303 g/mol. The van der Waals surface area contributed by atoms with E-state index in [4.69, 9.17) is 16.3 Å². The van der Waals surface area contributed by atoms with Crippen molar-refractivity contribution in [1.29, 1.82) is 0 Å². The van der Waals surface area contributed by atoms with E-state index in [0.717, 1.165) is 0 Å². The van der Waals surface area contributed by atoms with Crippen LogP contribution in [0, 0.1) is 0 Å². The number of hydrogen-bond donors (Lipinski definition) is 0. The molecule has 0 radical (unpaired) electrons. The molecule has 0 atom stereocenters. The Balaban J connectivity index is 2.38. The second-order valence-corrected chi connectivity index (χ2v) is 4.62. The number of benzene rings is 1. The number of aliphatic imine (C=N–C) groups is 1. The molecule has 0 aliphatic carbocycles. The number of nitrogens with zero attached hydrogens (tertiary/aromatic N) is 3. The third-order valence-corrected chi connectivity index (χ3v) is 2.94. The molecule has 0 unspecified atom stereocenters. The van der Waals surface area contributed by atoms with Gasteiger partial charge in [-0.15, -0.1) is 0 Å². The van der Waals surface area contributed by atoms with Gasteiger partial charge < -0.3 is 4.74 Å². The Morgan fingerprint density at radius 2 is 1.90 bits per heavy atom. The fourth-order valence-electron chi connectivity index (χ4n) is 1.75. The SMILES string of the molecule is CCOC(C)=Nc1cnncc1C(=O)c1ccc(Cl)cc1. The van der Waals surface area contributed by atoms with Crippen LogP contribution in [0.1, 0.15) is 29.8 Å². The third-order valence-electron chi connectivity index (χ3n) is 2.69.